The zero-order valence-electron chi connectivity index (χ0n) is 11.1. The van der Waals surface area contributed by atoms with E-state index in [4.69, 9.17) is 0 Å². The summed E-state index contributed by atoms with van der Waals surface area (Å²) >= 11 is 0. The van der Waals surface area contributed by atoms with Crippen molar-refractivity contribution in [3.05, 3.63) is 0 Å². The van der Waals surface area contributed by atoms with Crippen LogP contribution in [0.5, 0.6) is 0 Å². The van der Waals surface area contributed by atoms with Crippen LogP contribution >= 0.6 is 0 Å². The van der Waals surface area contributed by atoms with Crippen molar-refractivity contribution in [2.45, 2.75) is 59.0 Å². The molecule has 0 bridgehead atoms. The van der Waals surface area contributed by atoms with Gasteiger partial charge in [0.25, 0.3) is 0 Å². The Balaban J connectivity index is 2.41. The number of hydrogen-bond acceptors (Lipinski definition) is 2. The van der Waals surface area contributed by atoms with Crippen LogP contribution in [0.15, 0.2) is 0 Å². The molecule has 1 aliphatic rings. The van der Waals surface area contributed by atoms with Gasteiger partial charge in [-0.25, -0.2) is 0 Å². The first-order valence-electron chi connectivity index (χ1n) is 6.59. The highest BCUT2D eigenvalue weighted by atomic mass is 16.1. The van der Waals surface area contributed by atoms with Gasteiger partial charge in [0.15, 0.2) is 0 Å². The minimum atomic E-state index is 0.0963. The summed E-state index contributed by atoms with van der Waals surface area (Å²) < 4.78 is 0. The molecule has 0 radical (unpaired) electrons. The number of carbonyl (C=O) groups is 1. The molecule has 1 fully saturated rings. The number of nitrogens with zero attached hydrogens (tertiary/aromatic N) is 1. The van der Waals surface area contributed by atoms with Gasteiger partial charge in [-0.2, -0.15) is 0 Å². The summed E-state index contributed by atoms with van der Waals surface area (Å²) in [4.78, 5) is 14.1. The van der Waals surface area contributed by atoms with Crippen molar-refractivity contribution < 1.29 is 4.79 Å². The number of carbonyl (C=O) groups excluding carboxylic acids is 1. The van der Waals surface area contributed by atoms with Gasteiger partial charge in [0.1, 0.15) is 0 Å². The van der Waals surface area contributed by atoms with E-state index in [2.05, 4.69) is 24.1 Å². The lowest BCUT2D eigenvalue weighted by atomic mass is 10.0. The second kappa shape index (κ2) is 6.24. The second-order valence-corrected chi connectivity index (χ2v) is 5.25. The van der Waals surface area contributed by atoms with Crippen molar-refractivity contribution in [1.29, 1.82) is 0 Å². The predicted molar refractivity (Wildman–Crippen MR) is 67.3 cm³/mol. The van der Waals surface area contributed by atoms with Crippen LogP contribution in [0.4, 0.5) is 0 Å². The quantitative estimate of drug-likeness (QED) is 0.795. The minimum absolute atomic E-state index is 0.0963. The second-order valence-electron chi connectivity index (χ2n) is 5.25. The highest BCUT2D eigenvalue weighted by Crippen LogP contribution is 2.14. The summed E-state index contributed by atoms with van der Waals surface area (Å²) in [5.41, 5.74) is 0. The summed E-state index contributed by atoms with van der Waals surface area (Å²) in [7, 11) is 0. The Morgan fingerprint density at radius 3 is 2.69 bits per heavy atom. The van der Waals surface area contributed by atoms with Gasteiger partial charge in [0, 0.05) is 24.5 Å². The van der Waals surface area contributed by atoms with E-state index in [0.717, 1.165) is 13.0 Å². The molecular weight excluding hydrogens is 200 g/mol. The van der Waals surface area contributed by atoms with Gasteiger partial charge < -0.3 is 5.32 Å². The van der Waals surface area contributed by atoms with Crippen molar-refractivity contribution in [3.63, 3.8) is 0 Å². The maximum Gasteiger partial charge on any atom is 0.222 e. The molecule has 1 amide bonds. The molecule has 2 atom stereocenters. The third-order valence-corrected chi connectivity index (χ3v) is 3.54. The lowest BCUT2D eigenvalue weighted by Gasteiger charge is -2.37. The highest BCUT2D eigenvalue weighted by molar-refractivity contribution is 5.78. The fraction of sp³-hybridized carbons (Fsp3) is 0.923. The molecule has 0 aromatic rings. The van der Waals surface area contributed by atoms with Gasteiger partial charge >= 0.3 is 0 Å². The molecule has 1 aliphatic heterocycles. The smallest absolute Gasteiger partial charge is 0.222 e. The van der Waals surface area contributed by atoms with E-state index < -0.39 is 0 Å². The molecule has 1 saturated heterocycles. The van der Waals surface area contributed by atoms with Crippen molar-refractivity contribution in [2.24, 2.45) is 5.92 Å². The summed E-state index contributed by atoms with van der Waals surface area (Å²) in [6, 6.07) is 0.997. The van der Waals surface area contributed by atoms with Gasteiger partial charge in [0.05, 0.1) is 0 Å². The molecule has 0 saturated carbocycles. The van der Waals surface area contributed by atoms with Gasteiger partial charge in [0.2, 0.25) is 5.91 Å². The predicted octanol–water partition coefficient (Wildman–Crippen LogP) is 2.02. The van der Waals surface area contributed by atoms with E-state index in [0.29, 0.717) is 12.1 Å². The molecule has 3 nitrogen and oxygen atoms in total. The molecule has 0 aromatic heterocycles. The fourth-order valence-corrected chi connectivity index (χ4v) is 2.15. The first kappa shape index (κ1) is 13.5. The number of hydrogen-bond donors (Lipinski definition) is 1. The summed E-state index contributed by atoms with van der Waals surface area (Å²) in [5, 5.41) is 3.15. The van der Waals surface area contributed by atoms with Crippen LogP contribution in [0.25, 0.3) is 0 Å². The zero-order chi connectivity index (χ0) is 12.1. The first-order valence-corrected chi connectivity index (χ1v) is 6.59. The molecule has 2 unspecified atom stereocenters. The third-order valence-electron chi connectivity index (χ3n) is 3.54. The topological polar surface area (TPSA) is 32.3 Å². The van der Waals surface area contributed by atoms with Crippen molar-refractivity contribution in [2.75, 3.05) is 13.1 Å². The van der Waals surface area contributed by atoms with Crippen molar-refractivity contribution >= 4 is 5.91 Å². The molecule has 0 aliphatic carbocycles. The Hall–Kier alpha value is -0.570. The Kier molecular flexibility index (Phi) is 5.26. The number of rotatable bonds is 4. The lowest BCUT2D eigenvalue weighted by Crippen LogP contribution is -2.50. The summed E-state index contributed by atoms with van der Waals surface area (Å²) in [6.45, 7) is 10.6. The number of piperidine rings is 1. The van der Waals surface area contributed by atoms with E-state index in [-0.39, 0.29) is 11.8 Å². The maximum absolute atomic E-state index is 11.6. The van der Waals surface area contributed by atoms with Crippen LogP contribution < -0.4 is 5.32 Å². The molecule has 3 heteroatoms. The minimum Gasteiger partial charge on any atom is -0.352 e. The van der Waals surface area contributed by atoms with Crippen LogP contribution in [0.3, 0.4) is 0 Å². The largest absolute Gasteiger partial charge is 0.352 e. The normalized spacial score (nSPS) is 24.4. The third kappa shape index (κ3) is 3.78. The van der Waals surface area contributed by atoms with E-state index in [1.54, 1.807) is 0 Å². The standard InChI is InChI=1S/C13H26N2O/c1-5-11(4)15-8-6-7-12(9-15)14-13(16)10(2)3/h10-12H,5-9H2,1-4H3,(H,14,16). The van der Waals surface area contributed by atoms with Gasteiger partial charge in [-0.1, -0.05) is 20.8 Å². The Bertz CT molecular complexity index is 228. The van der Waals surface area contributed by atoms with Gasteiger partial charge in [-0.15, -0.1) is 0 Å². The molecule has 16 heavy (non-hydrogen) atoms. The molecule has 0 aromatic carbocycles. The first-order chi connectivity index (χ1) is 7.54. The van der Waals surface area contributed by atoms with E-state index in [9.17, 15) is 4.79 Å². The van der Waals surface area contributed by atoms with Crippen LogP contribution in [-0.4, -0.2) is 36.0 Å². The fourth-order valence-electron chi connectivity index (χ4n) is 2.15. The Morgan fingerprint density at radius 2 is 2.12 bits per heavy atom. The Morgan fingerprint density at radius 1 is 1.44 bits per heavy atom. The average molecular weight is 226 g/mol. The van der Waals surface area contributed by atoms with Crippen LogP contribution in [0.1, 0.15) is 47.0 Å². The average Bonchev–Trinajstić information content (AvgIpc) is 2.28. The molecule has 1 rings (SSSR count). The highest BCUT2D eigenvalue weighted by Gasteiger charge is 2.24. The van der Waals surface area contributed by atoms with Crippen molar-refractivity contribution in [3.8, 4) is 0 Å². The molecule has 1 N–H and O–H groups in total. The Labute approximate surface area is 99.6 Å². The monoisotopic (exact) mass is 226 g/mol. The van der Waals surface area contributed by atoms with Gasteiger partial charge in [-0.05, 0) is 32.7 Å². The molecule has 1 heterocycles. The van der Waals surface area contributed by atoms with Crippen molar-refractivity contribution in [1.82, 2.24) is 10.2 Å². The SMILES string of the molecule is CCC(C)N1CCCC(NC(=O)C(C)C)C1. The van der Waals surface area contributed by atoms with E-state index in [1.165, 1.54) is 19.4 Å². The molecule has 94 valence electrons. The van der Waals surface area contributed by atoms with Crippen LogP contribution in [-0.2, 0) is 4.79 Å². The van der Waals surface area contributed by atoms with E-state index >= 15 is 0 Å². The molecular formula is C13H26N2O. The maximum atomic E-state index is 11.6. The lowest BCUT2D eigenvalue weighted by molar-refractivity contribution is -0.125. The summed E-state index contributed by atoms with van der Waals surface area (Å²) in [6.07, 6.45) is 3.52. The molecule has 0 spiro atoms. The van der Waals surface area contributed by atoms with Crippen LogP contribution in [0.2, 0.25) is 0 Å². The number of amides is 1. The zero-order valence-corrected chi connectivity index (χ0v) is 11.1. The summed E-state index contributed by atoms with van der Waals surface area (Å²) in [5.74, 6) is 0.287. The van der Waals surface area contributed by atoms with Gasteiger partial charge in [-0.3, -0.25) is 9.69 Å². The van der Waals surface area contributed by atoms with E-state index in [1.807, 2.05) is 13.8 Å². The number of nitrogens with one attached hydrogen (secondary N) is 1. The number of likely N-dealkylation sites (tertiary alicyclic amines) is 1. The van der Waals surface area contributed by atoms with Crippen LogP contribution in [0, 0.1) is 5.92 Å².